The number of methoxy groups -OCH3 is 1. The van der Waals surface area contributed by atoms with Gasteiger partial charge in [0, 0.05) is 5.41 Å². The van der Waals surface area contributed by atoms with E-state index in [0.717, 1.165) is 19.3 Å². The zero-order chi connectivity index (χ0) is 21.3. The van der Waals surface area contributed by atoms with Crippen molar-refractivity contribution in [3.05, 3.63) is 23.3 Å². The summed E-state index contributed by atoms with van der Waals surface area (Å²) in [6, 6.07) is -0.578. The molecule has 1 saturated carbocycles. The molecule has 3 rings (SSSR count). The monoisotopic (exact) mass is 401 g/mol. The number of ether oxygens (including phenoxy) is 1. The van der Waals surface area contributed by atoms with Gasteiger partial charge in [-0.2, -0.15) is 0 Å². The third-order valence-corrected chi connectivity index (χ3v) is 7.89. The molecule has 0 saturated heterocycles. The average molecular weight is 402 g/mol. The third-order valence-electron chi connectivity index (χ3n) is 7.89. The molecule has 4 heteroatoms. The highest BCUT2D eigenvalue weighted by atomic mass is 16.5. The first kappa shape index (κ1) is 22.1. The van der Waals surface area contributed by atoms with E-state index in [-0.39, 0.29) is 17.8 Å². The van der Waals surface area contributed by atoms with Crippen molar-refractivity contribution < 1.29 is 14.3 Å². The van der Waals surface area contributed by atoms with Gasteiger partial charge in [-0.15, -0.1) is 0 Å². The van der Waals surface area contributed by atoms with E-state index in [2.05, 4.69) is 38.2 Å². The molecule has 0 aromatic carbocycles. The van der Waals surface area contributed by atoms with Crippen molar-refractivity contribution in [3.8, 4) is 0 Å². The molecule has 3 aliphatic rings. The van der Waals surface area contributed by atoms with E-state index in [1.165, 1.54) is 31.9 Å². The molecule has 4 nitrogen and oxygen atoms in total. The van der Waals surface area contributed by atoms with Gasteiger partial charge in [-0.1, -0.05) is 58.8 Å². The van der Waals surface area contributed by atoms with Gasteiger partial charge < -0.3 is 10.1 Å². The molecule has 0 aromatic heterocycles. The summed E-state index contributed by atoms with van der Waals surface area (Å²) in [6.07, 6.45) is 11.4. The lowest BCUT2D eigenvalue weighted by Gasteiger charge is -2.51. The summed E-state index contributed by atoms with van der Waals surface area (Å²) in [6.45, 7) is 10.6. The van der Waals surface area contributed by atoms with Crippen LogP contribution < -0.4 is 5.32 Å². The van der Waals surface area contributed by atoms with Crippen LogP contribution >= 0.6 is 0 Å². The minimum atomic E-state index is -0.578. The zero-order valence-electron chi connectivity index (χ0n) is 19.1. The van der Waals surface area contributed by atoms with Crippen molar-refractivity contribution in [2.24, 2.45) is 35.0 Å². The Hall–Kier alpha value is -1.58. The summed E-state index contributed by atoms with van der Waals surface area (Å²) in [5, 5.41) is 3.06. The van der Waals surface area contributed by atoms with Gasteiger partial charge >= 0.3 is 5.97 Å². The second-order valence-corrected chi connectivity index (χ2v) is 10.3. The second-order valence-electron chi connectivity index (χ2n) is 10.3. The topological polar surface area (TPSA) is 55.4 Å². The Morgan fingerprint density at radius 2 is 1.93 bits per heavy atom. The Labute approximate surface area is 176 Å². The highest BCUT2D eigenvalue weighted by Gasteiger charge is 2.51. The lowest BCUT2D eigenvalue weighted by molar-refractivity contribution is -0.150. The normalized spacial score (nSPS) is 32.6. The number of carbonyl (C=O) groups excluding carboxylic acids is 2. The van der Waals surface area contributed by atoms with Crippen molar-refractivity contribution in [1.29, 1.82) is 0 Å². The zero-order valence-corrected chi connectivity index (χ0v) is 19.1. The van der Waals surface area contributed by atoms with E-state index in [9.17, 15) is 9.59 Å². The molecule has 1 fully saturated rings. The molecule has 0 aromatic rings. The van der Waals surface area contributed by atoms with Crippen molar-refractivity contribution in [3.63, 3.8) is 0 Å². The van der Waals surface area contributed by atoms with Crippen LogP contribution in [0.25, 0.3) is 0 Å². The molecule has 5 atom stereocenters. The molecular formula is C25H39NO3. The van der Waals surface area contributed by atoms with E-state index in [0.29, 0.717) is 23.7 Å². The van der Waals surface area contributed by atoms with Crippen molar-refractivity contribution in [2.75, 3.05) is 7.11 Å². The van der Waals surface area contributed by atoms with Gasteiger partial charge in [0.2, 0.25) is 5.91 Å². The Balaban J connectivity index is 1.83. The Morgan fingerprint density at radius 3 is 2.55 bits per heavy atom. The van der Waals surface area contributed by atoms with Crippen LogP contribution in [-0.2, 0) is 14.3 Å². The molecule has 3 aliphatic carbocycles. The number of carbonyl (C=O) groups is 2. The summed E-state index contributed by atoms with van der Waals surface area (Å²) in [7, 11) is 1.39. The minimum Gasteiger partial charge on any atom is -0.467 e. The van der Waals surface area contributed by atoms with Crippen LogP contribution in [0, 0.1) is 35.0 Å². The van der Waals surface area contributed by atoms with Gasteiger partial charge in [-0.3, -0.25) is 4.79 Å². The Kier molecular flexibility index (Phi) is 6.60. The Bertz CT molecular complexity index is 705. The fraction of sp³-hybridized carbons (Fsp3) is 0.760. The first-order chi connectivity index (χ1) is 13.7. The predicted octanol–water partition coefficient (Wildman–Crippen LogP) is 5.05. The molecule has 0 bridgehead atoms. The lowest BCUT2D eigenvalue weighted by Crippen LogP contribution is -2.55. The maximum absolute atomic E-state index is 13.5. The first-order valence-corrected chi connectivity index (χ1v) is 11.5. The van der Waals surface area contributed by atoms with Gasteiger partial charge in [0.05, 0.1) is 7.11 Å². The maximum Gasteiger partial charge on any atom is 0.328 e. The van der Waals surface area contributed by atoms with E-state index >= 15 is 0 Å². The SMILES string of the molecule is COC(=O)[C@@H](NC(=O)[C@]1(C)CCC[C@H]2[C@H]1CC=C1C=C(C(C)C)CC[C@@H]12)C(C)C. The highest BCUT2D eigenvalue weighted by Crippen LogP contribution is 2.55. The van der Waals surface area contributed by atoms with Crippen LogP contribution in [-0.4, -0.2) is 25.0 Å². The number of amides is 1. The fourth-order valence-corrected chi connectivity index (χ4v) is 5.97. The smallest absolute Gasteiger partial charge is 0.328 e. The van der Waals surface area contributed by atoms with Crippen molar-refractivity contribution in [1.82, 2.24) is 5.32 Å². The van der Waals surface area contributed by atoms with Crippen LogP contribution in [0.1, 0.15) is 73.1 Å². The molecule has 0 aliphatic heterocycles. The molecule has 0 heterocycles. The molecule has 0 spiro atoms. The van der Waals surface area contributed by atoms with E-state index in [4.69, 9.17) is 4.74 Å². The summed E-state index contributed by atoms with van der Waals surface area (Å²) < 4.78 is 4.93. The summed E-state index contributed by atoms with van der Waals surface area (Å²) >= 11 is 0. The molecule has 162 valence electrons. The molecular weight excluding hydrogens is 362 g/mol. The molecule has 1 amide bonds. The van der Waals surface area contributed by atoms with Crippen LogP contribution in [0.2, 0.25) is 0 Å². The highest BCUT2D eigenvalue weighted by molar-refractivity contribution is 5.88. The van der Waals surface area contributed by atoms with Gasteiger partial charge in [0.1, 0.15) is 6.04 Å². The first-order valence-electron chi connectivity index (χ1n) is 11.5. The van der Waals surface area contributed by atoms with Crippen LogP contribution in [0.15, 0.2) is 23.3 Å². The molecule has 0 unspecified atom stereocenters. The summed E-state index contributed by atoms with van der Waals surface area (Å²) in [5.74, 6) is 1.80. The summed E-state index contributed by atoms with van der Waals surface area (Å²) in [5.41, 5.74) is 2.66. The van der Waals surface area contributed by atoms with Gasteiger partial charge in [-0.25, -0.2) is 4.79 Å². The van der Waals surface area contributed by atoms with Gasteiger partial charge in [-0.05, 0) is 67.3 Å². The quantitative estimate of drug-likeness (QED) is 0.656. The number of hydrogen-bond acceptors (Lipinski definition) is 3. The van der Waals surface area contributed by atoms with Gasteiger partial charge in [0.25, 0.3) is 0 Å². The second kappa shape index (κ2) is 8.65. The Morgan fingerprint density at radius 1 is 1.21 bits per heavy atom. The number of esters is 1. The van der Waals surface area contributed by atoms with E-state index in [1.54, 1.807) is 5.57 Å². The number of rotatable bonds is 5. The van der Waals surface area contributed by atoms with E-state index < -0.39 is 11.5 Å². The largest absolute Gasteiger partial charge is 0.467 e. The number of hydrogen-bond donors (Lipinski definition) is 1. The van der Waals surface area contributed by atoms with Crippen LogP contribution in [0.5, 0.6) is 0 Å². The number of fused-ring (bicyclic) bond motifs is 3. The van der Waals surface area contributed by atoms with Crippen LogP contribution in [0.4, 0.5) is 0 Å². The van der Waals surface area contributed by atoms with Crippen molar-refractivity contribution >= 4 is 11.9 Å². The molecule has 29 heavy (non-hydrogen) atoms. The fourth-order valence-electron chi connectivity index (χ4n) is 5.97. The van der Waals surface area contributed by atoms with Crippen LogP contribution in [0.3, 0.4) is 0 Å². The molecule has 0 radical (unpaired) electrons. The van der Waals surface area contributed by atoms with Gasteiger partial charge in [0.15, 0.2) is 0 Å². The minimum absolute atomic E-state index is 0.00479. The maximum atomic E-state index is 13.5. The number of allylic oxidation sites excluding steroid dienone is 4. The van der Waals surface area contributed by atoms with Crippen molar-refractivity contribution in [2.45, 2.75) is 79.2 Å². The third kappa shape index (κ3) is 4.18. The average Bonchev–Trinajstić information content (AvgIpc) is 2.70. The van der Waals surface area contributed by atoms with E-state index in [1.807, 2.05) is 13.8 Å². The summed E-state index contributed by atoms with van der Waals surface area (Å²) in [4.78, 5) is 25.6. The molecule has 1 N–H and O–H groups in total. The number of nitrogens with one attached hydrogen (secondary N) is 1. The lowest BCUT2D eigenvalue weighted by atomic mass is 9.53. The standard InChI is InChI=1S/C25H39NO3/c1-15(2)17-9-11-19-18(14-17)10-12-21-20(19)8-7-13-25(21,5)24(28)26-22(16(3)4)23(27)29-6/h10,14-16,19-22H,7-9,11-13H2,1-6H3,(H,26,28)/t19-,20+,21+,22-,25+/m0/s1. The predicted molar refractivity (Wildman–Crippen MR) is 116 cm³/mol.